The average molecular weight is 386 g/mol. The van der Waals surface area contributed by atoms with Crippen molar-refractivity contribution in [3.8, 4) is 0 Å². The first-order chi connectivity index (χ1) is 13.4. The van der Waals surface area contributed by atoms with Gasteiger partial charge in [0.2, 0.25) is 5.91 Å². The van der Waals surface area contributed by atoms with Gasteiger partial charge in [0.25, 0.3) is 0 Å². The lowest BCUT2D eigenvalue weighted by Crippen LogP contribution is -2.45. The Bertz CT molecular complexity index is 769. The molecule has 7 heteroatoms. The van der Waals surface area contributed by atoms with Gasteiger partial charge in [0.05, 0.1) is 6.54 Å². The predicted molar refractivity (Wildman–Crippen MR) is 110 cm³/mol. The highest BCUT2D eigenvalue weighted by Crippen LogP contribution is 2.21. The second kappa shape index (κ2) is 10.5. The van der Waals surface area contributed by atoms with Crippen LogP contribution in [0.2, 0.25) is 0 Å². The number of carbonyl (C=O) groups is 1. The molecular formula is C21H30N4O3. The van der Waals surface area contributed by atoms with E-state index in [2.05, 4.69) is 20.9 Å². The second-order valence-electron chi connectivity index (χ2n) is 6.82. The fourth-order valence-electron chi connectivity index (χ4n) is 2.61. The Labute approximate surface area is 166 Å². The van der Waals surface area contributed by atoms with Crippen molar-refractivity contribution in [3.05, 3.63) is 59.5 Å². The van der Waals surface area contributed by atoms with E-state index in [1.807, 2.05) is 50.2 Å². The molecule has 0 aliphatic carbocycles. The molecule has 7 nitrogen and oxygen atoms in total. The third-order valence-corrected chi connectivity index (χ3v) is 4.17. The summed E-state index contributed by atoms with van der Waals surface area (Å²) in [5.74, 6) is 1.53. The highest BCUT2D eigenvalue weighted by Gasteiger charge is 2.27. The molecule has 1 amide bonds. The molecule has 0 saturated heterocycles. The molecule has 0 radical (unpaired) electrons. The van der Waals surface area contributed by atoms with Gasteiger partial charge in [-0.2, -0.15) is 0 Å². The van der Waals surface area contributed by atoms with Crippen LogP contribution in [0.25, 0.3) is 0 Å². The maximum Gasteiger partial charge on any atom is 0.241 e. The molecule has 2 rings (SSSR count). The molecular weight excluding hydrogens is 356 g/mol. The van der Waals surface area contributed by atoms with Crippen molar-refractivity contribution in [2.75, 3.05) is 26.2 Å². The van der Waals surface area contributed by atoms with E-state index in [0.29, 0.717) is 24.8 Å². The quantitative estimate of drug-likeness (QED) is 0.388. The lowest BCUT2D eigenvalue weighted by Gasteiger charge is -2.22. The summed E-state index contributed by atoms with van der Waals surface area (Å²) < 4.78 is 5.51. The number of carbonyl (C=O) groups excluding carboxylic acids is 1. The summed E-state index contributed by atoms with van der Waals surface area (Å²) >= 11 is 0. The Hall–Kier alpha value is -2.80. The molecule has 1 aromatic heterocycles. The first-order valence-corrected chi connectivity index (χ1v) is 9.53. The first-order valence-electron chi connectivity index (χ1n) is 9.53. The highest BCUT2D eigenvalue weighted by molar-refractivity contribution is 5.84. The number of nitrogens with one attached hydrogen (secondary N) is 3. The average Bonchev–Trinajstić information content (AvgIpc) is 3.12. The van der Waals surface area contributed by atoms with E-state index in [0.717, 1.165) is 12.2 Å². The standard InChI is InChI=1S/C21H30N4O3/c1-4-22-20(25-15-21(3,27)18-11-10-16(2)28-18)24-14-19(26)23-13-12-17-8-6-5-7-9-17/h5-11,27H,4,12-15H2,1-3H3,(H,23,26)(H2,22,24,25). The van der Waals surface area contributed by atoms with Gasteiger partial charge < -0.3 is 25.5 Å². The molecule has 1 atom stereocenters. The summed E-state index contributed by atoms with van der Waals surface area (Å²) in [4.78, 5) is 16.3. The minimum Gasteiger partial charge on any atom is -0.463 e. The van der Waals surface area contributed by atoms with E-state index < -0.39 is 5.60 Å². The SMILES string of the molecule is CCNC(=NCC(=O)NCCc1ccccc1)NCC(C)(O)c1ccc(C)o1. The smallest absolute Gasteiger partial charge is 0.241 e. The fourth-order valence-corrected chi connectivity index (χ4v) is 2.61. The molecule has 28 heavy (non-hydrogen) atoms. The van der Waals surface area contributed by atoms with Crippen molar-refractivity contribution in [2.24, 2.45) is 4.99 Å². The van der Waals surface area contributed by atoms with Crippen LogP contribution in [-0.2, 0) is 16.8 Å². The molecule has 0 aliphatic rings. The minimum atomic E-state index is -1.19. The number of aliphatic hydroxyl groups is 1. The molecule has 2 aromatic rings. The van der Waals surface area contributed by atoms with Gasteiger partial charge in [0.15, 0.2) is 5.96 Å². The van der Waals surface area contributed by atoms with Crippen LogP contribution in [-0.4, -0.2) is 43.2 Å². The van der Waals surface area contributed by atoms with E-state index in [9.17, 15) is 9.90 Å². The van der Waals surface area contributed by atoms with Gasteiger partial charge in [-0.05, 0) is 44.9 Å². The van der Waals surface area contributed by atoms with Gasteiger partial charge in [0.1, 0.15) is 23.7 Å². The molecule has 0 saturated carbocycles. The Morgan fingerprint density at radius 1 is 1.14 bits per heavy atom. The summed E-state index contributed by atoms with van der Waals surface area (Å²) in [6.45, 7) is 6.84. The number of aryl methyl sites for hydroxylation is 1. The number of nitrogens with zero attached hydrogens (tertiary/aromatic N) is 1. The number of guanidine groups is 1. The molecule has 1 unspecified atom stereocenters. The van der Waals surface area contributed by atoms with Crippen LogP contribution in [0, 0.1) is 6.92 Å². The first kappa shape index (κ1) is 21.5. The summed E-state index contributed by atoms with van der Waals surface area (Å²) in [6, 6.07) is 13.6. The van der Waals surface area contributed by atoms with Gasteiger partial charge in [-0.25, -0.2) is 4.99 Å². The van der Waals surface area contributed by atoms with Gasteiger partial charge in [0, 0.05) is 13.1 Å². The predicted octanol–water partition coefficient (Wildman–Crippen LogP) is 1.71. The van der Waals surface area contributed by atoms with Crippen molar-refractivity contribution in [1.29, 1.82) is 0 Å². The van der Waals surface area contributed by atoms with Crippen LogP contribution >= 0.6 is 0 Å². The maximum absolute atomic E-state index is 12.0. The Balaban J connectivity index is 1.81. The number of benzene rings is 1. The zero-order chi connectivity index (χ0) is 20.4. The molecule has 152 valence electrons. The zero-order valence-corrected chi connectivity index (χ0v) is 16.8. The van der Waals surface area contributed by atoms with Crippen molar-refractivity contribution in [3.63, 3.8) is 0 Å². The fraction of sp³-hybridized carbons (Fsp3) is 0.429. The third-order valence-electron chi connectivity index (χ3n) is 4.17. The largest absolute Gasteiger partial charge is 0.463 e. The third kappa shape index (κ3) is 7.08. The molecule has 1 aromatic carbocycles. The van der Waals surface area contributed by atoms with Crippen molar-refractivity contribution in [1.82, 2.24) is 16.0 Å². The lowest BCUT2D eigenvalue weighted by molar-refractivity contribution is -0.119. The summed E-state index contributed by atoms with van der Waals surface area (Å²) in [7, 11) is 0. The van der Waals surface area contributed by atoms with Gasteiger partial charge in [-0.15, -0.1) is 0 Å². The van der Waals surface area contributed by atoms with E-state index in [1.54, 1.807) is 13.0 Å². The monoisotopic (exact) mass is 386 g/mol. The molecule has 0 aliphatic heterocycles. The van der Waals surface area contributed by atoms with Gasteiger partial charge in [-0.3, -0.25) is 4.79 Å². The van der Waals surface area contributed by atoms with Gasteiger partial charge >= 0.3 is 0 Å². The van der Waals surface area contributed by atoms with E-state index in [4.69, 9.17) is 4.42 Å². The normalized spacial score (nSPS) is 13.6. The molecule has 0 spiro atoms. The Morgan fingerprint density at radius 2 is 1.89 bits per heavy atom. The summed E-state index contributed by atoms with van der Waals surface area (Å²) in [6.07, 6.45) is 0.778. The van der Waals surface area contributed by atoms with Crippen LogP contribution in [0.1, 0.15) is 30.9 Å². The van der Waals surface area contributed by atoms with Crippen LogP contribution in [0.5, 0.6) is 0 Å². The van der Waals surface area contributed by atoms with Crippen LogP contribution in [0.3, 0.4) is 0 Å². The maximum atomic E-state index is 12.0. The lowest BCUT2D eigenvalue weighted by atomic mass is 10.0. The number of hydrogen-bond donors (Lipinski definition) is 4. The number of aliphatic imine (C=N–C) groups is 1. The van der Waals surface area contributed by atoms with Crippen LogP contribution in [0.4, 0.5) is 0 Å². The molecule has 1 heterocycles. The number of hydrogen-bond acceptors (Lipinski definition) is 4. The minimum absolute atomic E-state index is 0.00608. The molecule has 4 N–H and O–H groups in total. The van der Waals surface area contributed by atoms with Crippen LogP contribution < -0.4 is 16.0 Å². The highest BCUT2D eigenvalue weighted by atomic mass is 16.4. The van der Waals surface area contributed by atoms with E-state index >= 15 is 0 Å². The van der Waals surface area contributed by atoms with Gasteiger partial charge in [-0.1, -0.05) is 30.3 Å². The van der Waals surface area contributed by atoms with Crippen LogP contribution in [0.15, 0.2) is 51.9 Å². The zero-order valence-electron chi connectivity index (χ0n) is 16.8. The second-order valence-corrected chi connectivity index (χ2v) is 6.82. The Kier molecular flexibility index (Phi) is 8.07. The number of rotatable bonds is 9. The van der Waals surface area contributed by atoms with Crippen molar-refractivity contribution < 1.29 is 14.3 Å². The van der Waals surface area contributed by atoms with E-state index in [-0.39, 0.29) is 19.0 Å². The molecule has 0 bridgehead atoms. The summed E-state index contributed by atoms with van der Waals surface area (Å²) in [5, 5.41) is 19.6. The number of furan rings is 1. The van der Waals surface area contributed by atoms with Crippen molar-refractivity contribution in [2.45, 2.75) is 32.8 Å². The topological polar surface area (TPSA) is 98.9 Å². The van der Waals surface area contributed by atoms with E-state index in [1.165, 1.54) is 5.56 Å². The molecule has 0 fully saturated rings. The van der Waals surface area contributed by atoms with Crippen molar-refractivity contribution >= 4 is 11.9 Å². The number of amides is 1. The Morgan fingerprint density at radius 3 is 2.54 bits per heavy atom. The summed E-state index contributed by atoms with van der Waals surface area (Å²) in [5.41, 5.74) is -0.0146.